The first-order valence-electron chi connectivity index (χ1n) is 7.37. The largest absolute Gasteiger partial charge is 0.355 e. The summed E-state index contributed by atoms with van der Waals surface area (Å²) in [6, 6.07) is 13.2. The number of anilines is 2. The zero-order valence-electron chi connectivity index (χ0n) is 12.0. The second kappa shape index (κ2) is 3.99. The lowest BCUT2D eigenvalue weighted by Gasteiger charge is -2.38. The Hall–Kier alpha value is -2.02. The molecule has 0 saturated heterocycles. The number of benzene rings is 2. The van der Waals surface area contributed by atoms with Gasteiger partial charge in [0.1, 0.15) is 0 Å². The highest BCUT2D eigenvalue weighted by molar-refractivity contribution is 5.81. The number of allylic oxidation sites excluding steroid dienone is 1. The van der Waals surface area contributed by atoms with Crippen LogP contribution in [-0.4, -0.2) is 0 Å². The molecule has 2 aromatic rings. The van der Waals surface area contributed by atoms with Crippen molar-refractivity contribution in [2.45, 2.75) is 32.1 Å². The summed E-state index contributed by atoms with van der Waals surface area (Å²) < 4.78 is 0. The summed E-state index contributed by atoms with van der Waals surface area (Å²) in [6.45, 7) is 4.68. The minimum Gasteiger partial charge on any atom is -0.355 e. The maximum Gasteiger partial charge on any atom is 0.0432 e. The van der Waals surface area contributed by atoms with Gasteiger partial charge < -0.3 is 5.32 Å². The molecule has 1 heterocycles. The molecule has 0 unspecified atom stereocenters. The Bertz CT molecular complexity index is 723. The van der Waals surface area contributed by atoms with Gasteiger partial charge in [-0.2, -0.15) is 0 Å². The highest BCUT2D eigenvalue weighted by atomic mass is 14.9. The molecule has 0 amide bonds. The molecule has 0 spiro atoms. The van der Waals surface area contributed by atoms with E-state index in [-0.39, 0.29) is 5.41 Å². The third-order valence-corrected chi connectivity index (χ3v) is 4.70. The lowest BCUT2D eigenvalue weighted by atomic mass is 9.71. The van der Waals surface area contributed by atoms with Crippen molar-refractivity contribution < 1.29 is 0 Å². The van der Waals surface area contributed by atoms with Gasteiger partial charge in [-0.15, -0.1) is 0 Å². The molecule has 1 heteroatoms. The van der Waals surface area contributed by atoms with E-state index in [0.717, 1.165) is 12.8 Å². The minimum atomic E-state index is 0.0458. The predicted octanol–water partition coefficient (Wildman–Crippen LogP) is 5.03. The van der Waals surface area contributed by atoms with Crippen LogP contribution < -0.4 is 5.32 Å². The van der Waals surface area contributed by atoms with Gasteiger partial charge in [-0.25, -0.2) is 0 Å². The Kier molecular flexibility index (Phi) is 2.35. The summed E-state index contributed by atoms with van der Waals surface area (Å²) in [4.78, 5) is 0. The minimum absolute atomic E-state index is 0.0458. The zero-order valence-corrected chi connectivity index (χ0v) is 12.0. The molecule has 0 aromatic heterocycles. The van der Waals surface area contributed by atoms with Crippen molar-refractivity contribution in [3.05, 3.63) is 64.7 Å². The van der Waals surface area contributed by atoms with Crippen LogP contribution in [0.1, 0.15) is 42.5 Å². The van der Waals surface area contributed by atoms with E-state index in [0.29, 0.717) is 0 Å². The van der Waals surface area contributed by atoms with Gasteiger partial charge in [0.25, 0.3) is 0 Å². The Morgan fingerprint density at radius 2 is 1.85 bits per heavy atom. The number of fused-ring (bicyclic) bond motifs is 4. The van der Waals surface area contributed by atoms with Gasteiger partial charge in [0, 0.05) is 16.8 Å². The van der Waals surface area contributed by atoms with Crippen LogP contribution in [0.5, 0.6) is 0 Å². The normalized spacial score (nSPS) is 17.7. The second-order valence-corrected chi connectivity index (χ2v) is 6.30. The van der Waals surface area contributed by atoms with Crippen molar-refractivity contribution >= 4 is 17.5 Å². The Morgan fingerprint density at radius 1 is 1.00 bits per heavy atom. The van der Waals surface area contributed by atoms with E-state index in [2.05, 4.69) is 67.7 Å². The molecular formula is C19H19N. The molecular weight excluding hydrogens is 242 g/mol. The summed E-state index contributed by atoms with van der Waals surface area (Å²) in [7, 11) is 0. The lowest BCUT2D eigenvalue weighted by Crippen LogP contribution is -2.27. The van der Waals surface area contributed by atoms with Crippen LogP contribution in [-0.2, 0) is 11.8 Å². The SMILES string of the molecule is CC1(C)c2ccccc2Nc2ccc3c(c21)C=CCC3. The van der Waals surface area contributed by atoms with Gasteiger partial charge in [-0.3, -0.25) is 0 Å². The molecule has 0 atom stereocenters. The topological polar surface area (TPSA) is 12.0 Å². The van der Waals surface area contributed by atoms with E-state index in [9.17, 15) is 0 Å². The molecule has 2 aliphatic rings. The number of hydrogen-bond acceptors (Lipinski definition) is 1. The average Bonchev–Trinajstić information content (AvgIpc) is 2.46. The molecule has 4 rings (SSSR count). The highest BCUT2D eigenvalue weighted by Gasteiger charge is 2.34. The third-order valence-electron chi connectivity index (χ3n) is 4.70. The standard InChI is InChI=1S/C19H19N/c1-19(2)15-9-5-6-10-16(15)20-17-12-11-13-7-3-4-8-14(13)18(17)19/h4-6,8-12,20H,3,7H2,1-2H3. The van der Waals surface area contributed by atoms with Crippen LogP contribution in [0.25, 0.3) is 6.08 Å². The van der Waals surface area contributed by atoms with Crippen molar-refractivity contribution in [2.24, 2.45) is 0 Å². The summed E-state index contributed by atoms with van der Waals surface area (Å²) in [5.41, 5.74) is 8.30. The van der Waals surface area contributed by atoms with Gasteiger partial charge in [-0.1, -0.05) is 50.3 Å². The molecule has 0 bridgehead atoms. The van der Waals surface area contributed by atoms with E-state index in [1.54, 1.807) is 0 Å². The molecule has 1 aliphatic heterocycles. The smallest absolute Gasteiger partial charge is 0.0432 e. The van der Waals surface area contributed by atoms with E-state index in [1.807, 2.05) is 0 Å². The fraction of sp³-hybridized carbons (Fsp3) is 0.263. The Balaban J connectivity index is 2.02. The highest BCUT2D eigenvalue weighted by Crippen LogP contribution is 2.48. The molecule has 0 fully saturated rings. The van der Waals surface area contributed by atoms with Crippen LogP contribution >= 0.6 is 0 Å². The lowest BCUT2D eigenvalue weighted by molar-refractivity contribution is 0.634. The van der Waals surface area contributed by atoms with Gasteiger partial charge in [0.15, 0.2) is 0 Å². The molecule has 20 heavy (non-hydrogen) atoms. The summed E-state index contributed by atoms with van der Waals surface area (Å²) >= 11 is 0. The van der Waals surface area contributed by atoms with Crippen molar-refractivity contribution in [2.75, 3.05) is 5.32 Å². The Morgan fingerprint density at radius 3 is 2.75 bits per heavy atom. The summed E-state index contributed by atoms with van der Waals surface area (Å²) in [5.74, 6) is 0. The fourth-order valence-electron chi connectivity index (χ4n) is 3.71. The fourth-order valence-corrected chi connectivity index (χ4v) is 3.71. The van der Waals surface area contributed by atoms with Crippen molar-refractivity contribution in [1.82, 2.24) is 0 Å². The predicted molar refractivity (Wildman–Crippen MR) is 85.6 cm³/mol. The average molecular weight is 261 g/mol. The number of nitrogens with one attached hydrogen (secondary N) is 1. The number of aryl methyl sites for hydroxylation is 1. The van der Waals surface area contributed by atoms with E-state index < -0.39 is 0 Å². The first-order valence-corrected chi connectivity index (χ1v) is 7.37. The van der Waals surface area contributed by atoms with Gasteiger partial charge >= 0.3 is 0 Å². The van der Waals surface area contributed by atoms with Crippen LogP contribution in [0.2, 0.25) is 0 Å². The van der Waals surface area contributed by atoms with Gasteiger partial charge in [0.2, 0.25) is 0 Å². The van der Waals surface area contributed by atoms with Crippen LogP contribution in [0.4, 0.5) is 11.4 Å². The molecule has 1 N–H and O–H groups in total. The van der Waals surface area contributed by atoms with Crippen molar-refractivity contribution in [1.29, 1.82) is 0 Å². The first-order chi connectivity index (χ1) is 9.68. The van der Waals surface area contributed by atoms with Crippen LogP contribution in [0.3, 0.4) is 0 Å². The first kappa shape index (κ1) is 11.8. The monoisotopic (exact) mass is 261 g/mol. The molecule has 100 valence electrons. The van der Waals surface area contributed by atoms with Gasteiger partial charge in [0.05, 0.1) is 0 Å². The molecule has 1 aliphatic carbocycles. The summed E-state index contributed by atoms with van der Waals surface area (Å²) in [6.07, 6.45) is 6.95. The molecule has 0 radical (unpaired) electrons. The summed E-state index contributed by atoms with van der Waals surface area (Å²) in [5, 5.41) is 3.61. The Labute approximate surface area is 120 Å². The van der Waals surface area contributed by atoms with Crippen molar-refractivity contribution in [3.63, 3.8) is 0 Å². The third kappa shape index (κ3) is 1.49. The molecule has 0 saturated carbocycles. The maximum absolute atomic E-state index is 3.61. The van der Waals surface area contributed by atoms with Gasteiger partial charge in [-0.05, 0) is 47.2 Å². The molecule has 2 aromatic carbocycles. The molecule has 1 nitrogen and oxygen atoms in total. The van der Waals surface area contributed by atoms with E-state index in [1.165, 1.54) is 33.6 Å². The number of hydrogen-bond donors (Lipinski definition) is 1. The quantitative estimate of drug-likeness (QED) is 0.701. The van der Waals surface area contributed by atoms with Crippen molar-refractivity contribution in [3.8, 4) is 0 Å². The van der Waals surface area contributed by atoms with E-state index in [4.69, 9.17) is 0 Å². The number of para-hydroxylation sites is 1. The number of rotatable bonds is 0. The maximum atomic E-state index is 3.61. The van der Waals surface area contributed by atoms with Crippen LogP contribution in [0.15, 0.2) is 42.5 Å². The van der Waals surface area contributed by atoms with Crippen LogP contribution in [0, 0.1) is 0 Å². The van der Waals surface area contributed by atoms with E-state index >= 15 is 0 Å². The second-order valence-electron chi connectivity index (χ2n) is 6.30. The zero-order chi connectivity index (χ0) is 13.7.